The van der Waals surface area contributed by atoms with Gasteiger partial charge < -0.3 is 14.7 Å². The highest BCUT2D eigenvalue weighted by Crippen LogP contribution is 2.15. The summed E-state index contributed by atoms with van der Waals surface area (Å²) < 4.78 is 5.70. The van der Waals surface area contributed by atoms with Crippen LogP contribution < -0.4 is 4.74 Å². The van der Waals surface area contributed by atoms with E-state index in [2.05, 4.69) is 0 Å². The minimum Gasteiger partial charge on any atom is -0.481 e. The zero-order valence-electron chi connectivity index (χ0n) is 13.0. The lowest BCUT2D eigenvalue weighted by Gasteiger charge is -2.35. The first-order valence-electron chi connectivity index (χ1n) is 7.42. The quantitative estimate of drug-likeness (QED) is 0.878. The van der Waals surface area contributed by atoms with Crippen molar-refractivity contribution in [3.8, 4) is 5.75 Å². The van der Waals surface area contributed by atoms with E-state index >= 15 is 0 Å². The third kappa shape index (κ3) is 4.46. The van der Waals surface area contributed by atoms with Crippen molar-refractivity contribution in [2.24, 2.45) is 0 Å². The van der Waals surface area contributed by atoms with Gasteiger partial charge in [0.15, 0.2) is 6.10 Å². The Morgan fingerprint density at radius 1 is 1.27 bits per heavy atom. The molecule has 2 rings (SSSR count). The van der Waals surface area contributed by atoms with E-state index < -0.39 is 12.1 Å². The highest BCUT2D eigenvalue weighted by molar-refractivity contribution is 5.81. The predicted molar refractivity (Wildman–Crippen MR) is 81.9 cm³/mol. The van der Waals surface area contributed by atoms with Gasteiger partial charge >= 0.3 is 5.97 Å². The number of amides is 1. The number of carbonyl (C=O) groups excluding carboxylic acids is 1. The lowest BCUT2D eigenvalue weighted by molar-refractivity contribution is -0.141. The van der Waals surface area contributed by atoms with Crippen molar-refractivity contribution in [1.29, 1.82) is 0 Å². The summed E-state index contributed by atoms with van der Waals surface area (Å²) in [5.41, 5.74) is 1.08. The molecule has 0 saturated carbocycles. The fraction of sp³-hybridized carbons (Fsp3) is 0.500. The molecule has 1 aromatic rings. The lowest BCUT2D eigenvalue weighted by Crippen LogP contribution is -2.52. The zero-order valence-corrected chi connectivity index (χ0v) is 13.0. The van der Waals surface area contributed by atoms with Crippen LogP contribution in [0.4, 0.5) is 0 Å². The first-order chi connectivity index (χ1) is 10.5. The molecule has 1 fully saturated rings. The largest absolute Gasteiger partial charge is 0.481 e. The monoisotopic (exact) mass is 306 g/mol. The van der Waals surface area contributed by atoms with E-state index in [0.29, 0.717) is 31.9 Å². The van der Waals surface area contributed by atoms with Gasteiger partial charge in [-0.15, -0.1) is 0 Å². The van der Waals surface area contributed by atoms with E-state index in [-0.39, 0.29) is 12.5 Å². The average molecular weight is 306 g/mol. The number of hydrogen-bond donors (Lipinski definition) is 1. The topological polar surface area (TPSA) is 70.1 Å². The Hall–Kier alpha value is -2.08. The molecule has 1 heterocycles. The maximum Gasteiger partial charge on any atom is 0.317 e. The number of piperazine rings is 1. The van der Waals surface area contributed by atoms with E-state index in [9.17, 15) is 9.59 Å². The van der Waals surface area contributed by atoms with Gasteiger partial charge in [-0.25, -0.2) is 0 Å². The molecule has 1 saturated heterocycles. The number of hydrogen-bond acceptors (Lipinski definition) is 4. The summed E-state index contributed by atoms with van der Waals surface area (Å²) in [7, 11) is 0. The van der Waals surface area contributed by atoms with E-state index in [1.807, 2.05) is 36.1 Å². The molecular weight excluding hydrogens is 284 g/mol. The minimum absolute atomic E-state index is 0.0252. The van der Waals surface area contributed by atoms with Crippen LogP contribution in [0.15, 0.2) is 24.3 Å². The number of aliphatic carboxylic acids is 1. The van der Waals surface area contributed by atoms with Gasteiger partial charge in [0.2, 0.25) is 0 Å². The van der Waals surface area contributed by atoms with E-state index in [0.717, 1.165) is 5.56 Å². The normalized spacial score (nSPS) is 17.1. The molecule has 6 heteroatoms. The number of benzene rings is 1. The molecule has 1 aliphatic rings. The van der Waals surface area contributed by atoms with Gasteiger partial charge in [-0.3, -0.25) is 14.5 Å². The van der Waals surface area contributed by atoms with Crippen LogP contribution in [-0.4, -0.2) is 65.6 Å². The smallest absolute Gasteiger partial charge is 0.317 e. The van der Waals surface area contributed by atoms with Crippen LogP contribution in [0.25, 0.3) is 0 Å². The molecule has 1 unspecified atom stereocenters. The van der Waals surface area contributed by atoms with Crippen LogP contribution in [0, 0.1) is 6.92 Å². The van der Waals surface area contributed by atoms with Gasteiger partial charge in [0.1, 0.15) is 5.75 Å². The highest BCUT2D eigenvalue weighted by atomic mass is 16.5. The molecule has 0 aromatic heterocycles. The number of aryl methyl sites for hydroxylation is 1. The number of ether oxygens (including phenoxy) is 1. The van der Waals surface area contributed by atoms with Crippen LogP contribution >= 0.6 is 0 Å². The fourth-order valence-electron chi connectivity index (χ4n) is 2.52. The molecule has 0 spiro atoms. The van der Waals surface area contributed by atoms with Crippen molar-refractivity contribution >= 4 is 11.9 Å². The molecule has 1 N–H and O–H groups in total. The van der Waals surface area contributed by atoms with Gasteiger partial charge in [-0.1, -0.05) is 12.1 Å². The molecule has 1 amide bonds. The Labute approximate surface area is 130 Å². The van der Waals surface area contributed by atoms with Crippen molar-refractivity contribution < 1.29 is 19.4 Å². The third-order valence-corrected chi connectivity index (χ3v) is 3.69. The number of carbonyl (C=O) groups is 2. The lowest BCUT2D eigenvalue weighted by atomic mass is 10.2. The van der Waals surface area contributed by atoms with Crippen molar-refractivity contribution in [3.63, 3.8) is 0 Å². The van der Waals surface area contributed by atoms with Crippen LogP contribution in [-0.2, 0) is 9.59 Å². The van der Waals surface area contributed by atoms with Gasteiger partial charge in [0, 0.05) is 26.2 Å². The SMILES string of the molecule is Cc1cccc(OC(C)C(=O)N2CCN(CC(=O)O)CC2)c1. The molecule has 6 nitrogen and oxygen atoms in total. The van der Waals surface area contributed by atoms with Crippen molar-refractivity contribution in [2.75, 3.05) is 32.7 Å². The van der Waals surface area contributed by atoms with Crippen LogP contribution in [0.2, 0.25) is 0 Å². The molecule has 1 atom stereocenters. The van der Waals surface area contributed by atoms with Gasteiger partial charge in [-0.05, 0) is 31.5 Å². The highest BCUT2D eigenvalue weighted by Gasteiger charge is 2.26. The molecule has 0 bridgehead atoms. The summed E-state index contributed by atoms with van der Waals surface area (Å²) >= 11 is 0. The second-order valence-electron chi connectivity index (χ2n) is 5.57. The standard InChI is InChI=1S/C16H22N2O4/c1-12-4-3-5-14(10-12)22-13(2)16(21)18-8-6-17(7-9-18)11-15(19)20/h3-5,10,13H,6-9,11H2,1-2H3,(H,19,20). The van der Waals surface area contributed by atoms with Gasteiger partial charge in [0.25, 0.3) is 5.91 Å². The Balaban J connectivity index is 1.85. The Morgan fingerprint density at radius 3 is 2.55 bits per heavy atom. The summed E-state index contributed by atoms with van der Waals surface area (Å²) in [5.74, 6) is -0.210. The first kappa shape index (κ1) is 16.3. The van der Waals surface area contributed by atoms with Gasteiger partial charge in [-0.2, -0.15) is 0 Å². The maximum atomic E-state index is 12.4. The Kier molecular flexibility index (Phi) is 5.38. The van der Waals surface area contributed by atoms with Crippen LogP contribution in [0.3, 0.4) is 0 Å². The molecule has 120 valence electrons. The molecule has 0 radical (unpaired) electrons. The summed E-state index contributed by atoms with van der Waals surface area (Å²) in [6.07, 6.45) is -0.548. The molecule has 0 aliphatic carbocycles. The number of rotatable bonds is 5. The Bertz CT molecular complexity index is 539. The molecule has 22 heavy (non-hydrogen) atoms. The average Bonchev–Trinajstić information content (AvgIpc) is 2.46. The Morgan fingerprint density at radius 2 is 1.95 bits per heavy atom. The molecule has 1 aromatic carbocycles. The van der Waals surface area contributed by atoms with E-state index in [1.54, 1.807) is 11.8 Å². The van der Waals surface area contributed by atoms with Crippen LogP contribution in [0.1, 0.15) is 12.5 Å². The molecule has 1 aliphatic heterocycles. The number of carboxylic acid groups (broad SMARTS) is 1. The zero-order chi connectivity index (χ0) is 16.1. The second kappa shape index (κ2) is 7.26. The van der Waals surface area contributed by atoms with Crippen molar-refractivity contribution in [1.82, 2.24) is 9.80 Å². The second-order valence-corrected chi connectivity index (χ2v) is 5.57. The van der Waals surface area contributed by atoms with Crippen LogP contribution in [0.5, 0.6) is 5.75 Å². The summed E-state index contributed by atoms with van der Waals surface area (Å²) in [5, 5.41) is 8.77. The minimum atomic E-state index is -0.837. The van der Waals surface area contributed by atoms with E-state index in [4.69, 9.17) is 9.84 Å². The maximum absolute atomic E-state index is 12.4. The predicted octanol–water partition coefficient (Wildman–Crippen LogP) is 0.991. The number of nitrogens with zero attached hydrogens (tertiary/aromatic N) is 2. The summed E-state index contributed by atoms with van der Waals surface area (Å²) in [4.78, 5) is 26.6. The summed E-state index contributed by atoms with van der Waals surface area (Å²) in [6.45, 7) is 5.97. The van der Waals surface area contributed by atoms with Crippen molar-refractivity contribution in [3.05, 3.63) is 29.8 Å². The summed E-state index contributed by atoms with van der Waals surface area (Å²) in [6, 6.07) is 7.60. The fourth-order valence-corrected chi connectivity index (χ4v) is 2.52. The molecular formula is C16H22N2O4. The number of carboxylic acids is 1. The third-order valence-electron chi connectivity index (χ3n) is 3.69. The van der Waals surface area contributed by atoms with Gasteiger partial charge in [0.05, 0.1) is 6.54 Å². The van der Waals surface area contributed by atoms with E-state index in [1.165, 1.54) is 0 Å². The van der Waals surface area contributed by atoms with Crippen molar-refractivity contribution in [2.45, 2.75) is 20.0 Å². The first-order valence-corrected chi connectivity index (χ1v) is 7.42.